The Bertz CT molecular complexity index is 302. The molecule has 6 heteroatoms. The molecule has 102 valence electrons. The lowest BCUT2D eigenvalue weighted by atomic mass is 10.3. The molecular formula is C12H20I2N4. The summed E-state index contributed by atoms with van der Waals surface area (Å²) in [5.41, 5.74) is 0. The average Bonchev–Trinajstić information content (AvgIpc) is 2.94. The third-order valence-corrected chi connectivity index (χ3v) is 5.84. The molecule has 0 N–H and O–H groups in total. The van der Waals surface area contributed by atoms with Gasteiger partial charge in [-0.15, -0.1) is 0 Å². The smallest absolute Gasteiger partial charge is 0.0900 e. The van der Waals surface area contributed by atoms with Crippen molar-refractivity contribution in [3.8, 4) is 0 Å². The first-order valence-corrected chi connectivity index (χ1v) is 8.62. The van der Waals surface area contributed by atoms with Crippen LogP contribution in [0, 0.1) is 0 Å². The van der Waals surface area contributed by atoms with Gasteiger partial charge in [-0.2, -0.15) is 0 Å². The van der Waals surface area contributed by atoms with Crippen LogP contribution in [0.5, 0.6) is 0 Å². The lowest BCUT2D eigenvalue weighted by Gasteiger charge is -2.28. The lowest BCUT2D eigenvalue weighted by Crippen LogP contribution is -2.32. The highest BCUT2D eigenvalue weighted by atomic mass is 127. The van der Waals surface area contributed by atoms with Gasteiger partial charge >= 0.3 is 0 Å². The van der Waals surface area contributed by atoms with Gasteiger partial charge in [0.2, 0.25) is 0 Å². The molecule has 0 spiro atoms. The number of rotatable bonds is 5. The molecule has 0 fully saturated rings. The van der Waals surface area contributed by atoms with Gasteiger partial charge in [0.15, 0.2) is 0 Å². The van der Waals surface area contributed by atoms with Crippen LogP contribution in [0.2, 0.25) is 0 Å². The van der Waals surface area contributed by atoms with Crippen LogP contribution >= 0.6 is 45.2 Å². The predicted molar refractivity (Wildman–Crippen MR) is 92.1 cm³/mol. The second-order valence-corrected chi connectivity index (χ2v) is 7.74. The van der Waals surface area contributed by atoms with Crippen molar-refractivity contribution < 1.29 is 0 Å². The summed E-state index contributed by atoms with van der Waals surface area (Å²) in [4.78, 5) is 9.22. The fraction of sp³-hybridized carbons (Fsp3) is 0.667. The molecule has 2 aliphatic heterocycles. The molecule has 0 radical (unpaired) electrons. The molecule has 0 bridgehead atoms. The summed E-state index contributed by atoms with van der Waals surface area (Å²) in [7, 11) is 4.23. The molecule has 2 aliphatic rings. The highest BCUT2D eigenvalue weighted by Crippen LogP contribution is 2.24. The summed E-state index contributed by atoms with van der Waals surface area (Å²) < 4.78 is 1.18. The SMILES string of the molecule is CN1C=CN(C(I)CCC(I)N2C=CN(C)C2)C1. The second kappa shape index (κ2) is 6.53. The van der Waals surface area contributed by atoms with Gasteiger partial charge in [-0.3, -0.25) is 0 Å². The summed E-state index contributed by atoms with van der Waals surface area (Å²) in [5, 5.41) is 0. The number of alkyl halides is 2. The molecule has 0 amide bonds. The third-order valence-electron chi connectivity index (χ3n) is 3.16. The Morgan fingerprint density at radius 3 is 1.50 bits per heavy atom. The molecule has 0 aliphatic carbocycles. The number of hydrogen-bond acceptors (Lipinski definition) is 4. The van der Waals surface area contributed by atoms with Gasteiger partial charge in [0.25, 0.3) is 0 Å². The van der Waals surface area contributed by atoms with Gasteiger partial charge in [0.1, 0.15) is 0 Å². The molecule has 0 saturated carbocycles. The van der Waals surface area contributed by atoms with E-state index >= 15 is 0 Å². The van der Waals surface area contributed by atoms with Crippen LogP contribution in [-0.2, 0) is 0 Å². The number of hydrogen-bond donors (Lipinski definition) is 0. The first-order valence-electron chi connectivity index (χ1n) is 6.13. The van der Waals surface area contributed by atoms with Crippen molar-refractivity contribution in [2.75, 3.05) is 27.4 Å². The fourth-order valence-corrected chi connectivity index (χ4v) is 3.52. The maximum atomic E-state index is 2.55. The zero-order valence-electron chi connectivity index (χ0n) is 10.8. The van der Waals surface area contributed by atoms with Crippen molar-refractivity contribution in [1.82, 2.24) is 19.6 Å². The van der Waals surface area contributed by atoms with Gasteiger partial charge in [-0.25, -0.2) is 0 Å². The van der Waals surface area contributed by atoms with Gasteiger partial charge < -0.3 is 19.6 Å². The fourth-order valence-electron chi connectivity index (χ4n) is 2.07. The van der Waals surface area contributed by atoms with Crippen LogP contribution in [0.25, 0.3) is 0 Å². The van der Waals surface area contributed by atoms with Crippen molar-refractivity contribution in [2.45, 2.75) is 20.9 Å². The minimum Gasteiger partial charge on any atom is -0.362 e. The summed E-state index contributed by atoms with van der Waals surface area (Å²) in [6.45, 7) is 2.04. The molecule has 0 aromatic rings. The van der Waals surface area contributed by atoms with E-state index < -0.39 is 0 Å². The Kier molecular flexibility index (Phi) is 5.28. The van der Waals surface area contributed by atoms with Gasteiger partial charge in [-0.1, -0.05) is 45.2 Å². The molecule has 0 aromatic carbocycles. The summed E-state index contributed by atoms with van der Waals surface area (Å²) in [6.07, 6.45) is 11.1. The van der Waals surface area contributed by atoms with E-state index in [4.69, 9.17) is 0 Å². The molecule has 0 aromatic heterocycles. The molecule has 0 saturated heterocycles. The Morgan fingerprint density at radius 1 is 0.833 bits per heavy atom. The quantitative estimate of drug-likeness (QED) is 0.345. The average molecular weight is 474 g/mol. The van der Waals surface area contributed by atoms with Gasteiger partial charge in [0, 0.05) is 38.9 Å². The Hall–Kier alpha value is 0.140. The van der Waals surface area contributed by atoms with Crippen LogP contribution in [0.15, 0.2) is 24.8 Å². The first kappa shape index (κ1) is 14.5. The number of halogens is 2. The minimum atomic E-state index is 0.588. The van der Waals surface area contributed by atoms with Crippen LogP contribution in [0.3, 0.4) is 0 Å². The van der Waals surface area contributed by atoms with E-state index in [0.29, 0.717) is 8.10 Å². The Balaban J connectivity index is 1.71. The topological polar surface area (TPSA) is 13.0 Å². The minimum absolute atomic E-state index is 0.588. The monoisotopic (exact) mass is 474 g/mol. The molecule has 4 nitrogen and oxygen atoms in total. The predicted octanol–water partition coefficient (Wildman–Crippen LogP) is 2.64. The highest BCUT2D eigenvalue weighted by molar-refractivity contribution is 14.1. The summed E-state index contributed by atoms with van der Waals surface area (Å²) in [5.74, 6) is 0. The summed E-state index contributed by atoms with van der Waals surface area (Å²) in [6, 6.07) is 0. The zero-order chi connectivity index (χ0) is 13.1. The third kappa shape index (κ3) is 3.82. The molecule has 18 heavy (non-hydrogen) atoms. The lowest BCUT2D eigenvalue weighted by molar-refractivity contribution is 0.256. The van der Waals surface area contributed by atoms with Crippen LogP contribution in [-0.4, -0.2) is 55.1 Å². The molecular weight excluding hydrogens is 454 g/mol. The first-order chi connectivity index (χ1) is 8.56. The van der Waals surface area contributed by atoms with E-state index in [2.05, 4.69) is 104 Å². The van der Waals surface area contributed by atoms with E-state index in [-0.39, 0.29) is 0 Å². The van der Waals surface area contributed by atoms with E-state index in [1.165, 1.54) is 12.8 Å². The standard InChI is InChI=1S/C12H20I2N4/c1-15-5-7-17(9-15)11(13)3-4-12(14)18-8-6-16(2)10-18/h5-8,11-12H,3-4,9-10H2,1-2H3. The van der Waals surface area contributed by atoms with E-state index in [1.54, 1.807) is 0 Å². The number of nitrogens with zero attached hydrogens (tertiary/aromatic N) is 4. The van der Waals surface area contributed by atoms with Gasteiger partial charge in [0.05, 0.1) is 21.4 Å². The zero-order valence-corrected chi connectivity index (χ0v) is 15.2. The summed E-state index contributed by atoms with van der Waals surface area (Å²) >= 11 is 5.10. The molecule has 2 unspecified atom stereocenters. The second-order valence-electron chi connectivity index (χ2n) is 4.87. The van der Waals surface area contributed by atoms with E-state index in [9.17, 15) is 0 Å². The van der Waals surface area contributed by atoms with Crippen LogP contribution < -0.4 is 0 Å². The van der Waals surface area contributed by atoms with Crippen LogP contribution in [0.1, 0.15) is 12.8 Å². The maximum absolute atomic E-state index is 2.55. The molecule has 2 heterocycles. The van der Waals surface area contributed by atoms with Gasteiger partial charge in [-0.05, 0) is 12.8 Å². The van der Waals surface area contributed by atoms with E-state index in [0.717, 1.165) is 13.3 Å². The van der Waals surface area contributed by atoms with Crippen molar-refractivity contribution in [2.24, 2.45) is 0 Å². The van der Waals surface area contributed by atoms with Crippen molar-refractivity contribution in [1.29, 1.82) is 0 Å². The molecule has 2 atom stereocenters. The Morgan fingerprint density at radius 2 is 1.22 bits per heavy atom. The Labute approximate surface area is 137 Å². The largest absolute Gasteiger partial charge is 0.362 e. The van der Waals surface area contributed by atoms with E-state index in [1.807, 2.05) is 0 Å². The van der Waals surface area contributed by atoms with Crippen molar-refractivity contribution in [3.63, 3.8) is 0 Å². The van der Waals surface area contributed by atoms with Crippen molar-refractivity contribution >= 4 is 45.2 Å². The normalized spacial score (nSPS) is 22.2. The van der Waals surface area contributed by atoms with Crippen LogP contribution in [0.4, 0.5) is 0 Å². The highest BCUT2D eigenvalue weighted by Gasteiger charge is 2.21. The van der Waals surface area contributed by atoms with Crippen molar-refractivity contribution in [3.05, 3.63) is 24.8 Å². The maximum Gasteiger partial charge on any atom is 0.0900 e. The molecule has 2 rings (SSSR count).